The summed E-state index contributed by atoms with van der Waals surface area (Å²) >= 11 is 0. The van der Waals surface area contributed by atoms with Crippen LogP contribution in [0.1, 0.15) is 136 Å². The molecule has 0 saturated heterocycles. The molecule has 0 aromatic rings. The molecule has 14 nitrogen and oxygen atoms in total. The Labute approximate surface area is 382 Å². The standard InChI is InChI=1S/C49H79O14P/c1-3-5-7-9-11-13-14-15-16-17-18-19-20-22-24-28-33-37-43(52)62-41(39-61-64(58,59)63-49-47(56)45(54)44(53)46(55)48(49)57)38-60-42(51)36-32-29-25-27-31-35-40(50)34-30-26-23-21-12-10-8-6-4-2/h11-13,15-16,18-19,21-22,24-27,30-31,35,40-41,44-50,53-57H,3-10,14,17,20,23,28-29,32-34,36-39H2,1-2H3,(H,58,59)/b13-11-,16-15-,19-18-,21-12-,24-22-,27-25+,30-26-,35-31-/t40?,41-,44?,45-,46+,47-,48-,49?/m1/s1. The van der Waals surface area contributed by atoms with E-state index >= 15 is 0 Å². The largest absolute Gasteiger partial charge is 0.472 e. The lowest BCUT2D eigenvalue weighted by molar-refractivity contribution is -0.220. The number of carbonyl (C=O) groups excluding carboxylic acids is 2. The van der Waals surface area contributed by atoms with Gasteiger partial charge in [0, 0.05) is 12.8 Å². The molecule has 7 N–H and O–H groups in total. The van der Waals surface area contributed by atoms with Crippen LogP contribution in [0.15, 0.2) is 97.2 Å². The predicted molar refractivity (Wildman–Crippen MR) is 250 cm³/mol. The molecule has 9 atom stereocenters. The quantitative estimate of drug-likeness (QED) is 0.0104. The minimum Gasteiger partial charge on any atom is -0.462 e. The third kappa shape index (κ3) is 30.0. The van der Waals surface area contributed by atoms with Gasteiger partial charge in [-0.05, 0) is 83.5 Å². The van der Waals surface area contributed by atoms with E-state index in [0.29, 0.717) is 32.1 Å². The van der Waals surface area contributed by atoms with E-state index < -0.39 is 81.8 Å². The highest BCUT2D eigenvalue weighted by Gasteiger charge is 2.51. The minimum atomic E-state index is -5.17. The normalized spacial score (nSPS) is 23.0. The zero-order valence-electron chi connectivity index (χ0n) is 38.1. The maximum Gasteiger partial charge on any atom is 0.472 e. The van der Waals surface area contributed by atoms with Crippen LogP contribution in [0.4, 0.5) is 0 Å². The third-order valence-electron chi connectivity index (χ3n) is 9.98. The highest BCUT2D eigenvalue weighted by molar-refractivity contribution is 7.47. The molecule has 1 rings (SSSR count). The maximum absolute atomic E-state index is 12.8. The lowest BCUT2D eigenvalue weighted by atomic mass is 9.85. The van der Waals surface area contributed by atoms with Gasteiger partial charge in [0.05, 0.1) is 12.7 Å². The van der Waals surface area contributed by atoms with Crippen LogP contribution in [0, 0.1) is 0 Å². The molecule has 1 saturated carbocycles. The zero-order valence-corrected chi connectivity index (χ0v) is 39.0. The van der Waals surface area contributed by atoms with E-state index in [0.717, 1.165) is 38.5 Å². The van der Waals surface area contributed by atoms with Crippen LogP contribution in [0.3, 0.4) is 0 Å². The van der Waals surface area contributed by atoms with Crippen molar-refractivity contribution in [2.24, 2.45) is 0 Å². The van der Waals surface area contributed by atoms with Crippen molar-refractivity contribution < 1.29 is 68.2 Å². The number of hydrogen-bond donors (Lipinski definition) is 7. The highest BCUT2D eigenvalue weighted by Crippen LogP contribution is 2.47. The van der Waals surface area contributed by atoms with E-state index in [4.69, 9.17) is 18.5 Å². The monoisotopic (exact) mass is 923 g/mol. The van der Waals surface area contributed by atoms with Gasteiger partial charge in [-0.1, -0.05) is 137 Å². The minimum absolute atomic E-state index is 0.0142. The zero-order chi connectivity index (χ0) is 47.3. The molecule has 15 heteroatoms. The first-order chi connectivity index (χ1) is 30.8. The molecule has 4 unspecified atom stereocenters. The fraction of sp³-hybridized carbons (Fsp3) is 0.633. The average Bonchev–Trinajstić information content (AvgIpc) is 3.27. The first-order valence-corrected chi connectivity index (χ1v) is 24.6. The van der Waals surface area contributed by atoms with E-state index in [9.17, 15) is 49.7 Å². The van der Waals surface area contributed by atoms with Crippen molar-refractivity contribution in [2.45, 2.75) is 185 Å². The molecular formula is C49H79O14P. The molecule has 0 bridgehead atoms. The predicted octanol–water partition coefficient (Wildman–Crippen LogP) is 8.02. The first kappa shape index (κ1) is 58.7. The Morgan fingerprint density at radius 2 is 1.02 bits per heavy atom. The van der Waals surface area contributed by atoms with Crippen molar-refractivity contribution in [2.75, 3.05) is 13.2 Å². The van der Waals surface area contributed by atoms with Gasteiger partial charge in [0.1, 0.15) is 43.2 Å². The number of hydrogen-bond acceptors (Lipinski definition) is 13. The van der Waals surface area contributed by atoms with Crippen molar-refractivity contribution in [3.05, 3.63) is 97.2 Å². The van der Waals surface area contributed by atoms with E-state index in [-0.39, 0.29) is 12.8 Å². The lowest BCUT2D eigenvalue weighted by Gasteiger charge is -2.41. The van der Waals surface area contributed by atoms with Crippen molar-refractivity contribution in [3.63, 3.8) is 0 Å². The van der Waals surface area contributed by atoms with Gasteiger partial charge in [-0.2, -0.15) is 0 Å². The smallest absolute Gasteiger partial charge is 0.462 e. The summed E-state index contributed by atoms with van der Waals surface area (Å²) < 4.78 is 33.3. The number of phosphoric acid groups is 1. The molecule has 0 aliphatic heterocycles. The van der Waals surface area contributed by atoms with Gasteiger partial charge in [-0.3, -0.25) is 18.6 Å². The molecule has 1 aliphatic carbocycles. The van der Waals surface area contributed by atoms with Crippen LogP contribution in [-0.2, 0) is 32.7 Å². The number of unbranched alkanes of at least 4 members (excludes halogenated alkanes) is 8. The molecule has 0 aromatic carbocycles. The van der Waals surface area contributed by atoms with E-state index in [1.54, 1.807) is 18.2 Å². The Bertz CT molecular complexity index is 1500. The molecule has 0 amide bonds. The summed E-state index contributed by atoms with van der Waals surface area (Å²) in [5.74, 6) is -1.31. The van der Waals surface area contributed by atoms with Gasteiger partial charge in [0.2, 0.25) is 0 Å². The number of aliphatic hydroxyl groups is 6. The maximum atomic E-state index is 12.8. The van der Waals surface area contributed by atoms with Crippen LogP contribution >= 0.6 is 7.82 Å². The number of ether oxygens (including phenoxy) is 2. The SMILES string of the molecule is CCCCC/C=C\C/C=C\C/C=C\C/C=C\CCCC(=O)O[C@H](COC(=O)CCC/C=C/C=C\C(O)C/C=C\C/C=C\CCCCC)COP(=O)(O)OC1[C@H](O)[C@H](O)C(O)[C@H](O)[C@H]1O. The number of carbonyl (C=O) groups is 2. The molecule has 1 aliphatic rings. The molecular weight excluding hydrogens is 843 g/mol. The van der Waals surface area contributed by atoms with Crippen molar-refractivity contribution in [1.29, 1.82) is 0 Å². The molecule has 0 radical (unpaired) electrons. The van der Waals surface area contributed by atoms with Crippen LogP contribution in [-0.4, -0.2) is 110 Å². The molecule has 0 aromatic heterocycles. The van der Waals surface area contributed by atoms with Gasteiger partial charge >= 0.3 is 19.8 Å². The Kier molecular flexibility index (Phi) is 34.8. The van der Waals surface area contributed by atoms with Gasteiger partial charge in [0.15, 0.2) is 6.10 Å². The van der Waals surface area contributed by atoms with Gasteiger partial charge in [-0.25, -0.2) is 4.57 Å². The summed E-state index contributed by atoms with van der Waals surface area (Å²) in [5, 5.41) is 60.3. The summed E-state index contributed by atoms with van der Waals surface area (Å²) in [6, 6.07) is 0. The molecule has 0 heterocycles. The van der Waals surface area contributed by atoms with Gasteiger partial charge in [-0.15, -0.1) is 0 Å². The second-order valence-electron chi connectivity index (χ2n) is 15.7. The molecule has 364 valence electrons. The fourth-order valence-electron chi connectivity index (χ4n) is 6.17. The third-order valence-corrected chi connectivity index (χ3v) is 11.0. The number of esters is 2. The van der Waals surface area contributed by atoms with Gasteiger partial charge < -0.3 is 45.0 Å². The average molecular weight is 923 g/mol. The summed E-state index contributed by atoms with van der Waals surface area (Å²) in [6.07, 6.45) is 33.4. The summed E-state index contributed by atoms with van der Waals surface area (Å²) in [7, 11) is -5.17. The second kappa shape index (κ2) is 37.9. The highest BCUT2D eigenvalue weighted by atomic mass is 31.2. The van der Waals surface area contributed by atoms with Crippen LogP contribution in [0.2, 0.25) is 0 Å². The van der Waals surface area contributed by atoms with Crippen molar-refractivity contribution in [1.82, 2.24) is 0 Å². The fourth-order valence-corrected chi connectivity index (χ4v) is 7.15. The number of phosphoric ester groups is 1. The Morgan fingerprint density at radius 1 is 0.562 bits per heavy atom. The number of aliphatic hydroxyl groups excluding tert-OH is 6. The van der Waals surface area contributed by atoms with Gasteiger partial charge in [0.25, 0.3) is 0 Å². The summed E-state index contributed by atoms with van der Waals surface area (Å²) in [6.45, 7) is 3.05. The topological polar surface area (TPSA) is 230 Å². The summed E-state index contributed by atoms with van der Waals surface area (Å²) in [4.78, 5) is 35.7. The first-order valence-electron chi connectivity index (χ1n) is 23.1. The molecule has 1 fully saturated rings. The van der Waals surface area contributed by atoms with E-state index in [1.807, 2.05) is 30.4 Å². The lowest BCUT2D eigenvalue weighted by Crippen LogP contribution is -2.64. The van der Waals surface area contributed by atoms with E-state index in [1.165, 1.54) is 38.5 Å². The van der Waals surface area contributed by atoms with Crippen molar-refractivity contribution in [3.8, 4) is 0 Å². The van der Waals surface area contributed by atoms with Crippen LogP contribution in [0.25, 0.3) is 0 Å². The van der Waals surface area contributed by atoms with Crippen LogP contribution < -0.4 is 0 Å². The van der Waals surface area contributed by atoms with Crippen LogP contribution in [0.5, 0.6) is 0 Å². The Balaban J connectivity index is 2.60. The second-order valence-corrected chi connectivity index (χ2v) is 17.2. The van der Waals surface area contributed by atoms with E-state index in [2.05, 4.69) is 62.5 Å². The Morgan fingerprint density at radius 3 is 1.55 bits per heavy atom. The number of rotatable bonds is 36. The molecule has 64 heavy (non-hydrogen) atoms. The van der Waals surface area contributed by atoms with Crippen molar-refractivity contribution >= 4 is 19.8 Å². The summed E-state index contributed by atoms with van der Waals surface area (Å²) in [5.41, 5.74) is 0. The Hall–Kier alpha value is -3.27. The molecule has 0 spiro atoms. The number of allylic oxidation sites excluding steroid dienone is 14.